The summed E-state index contributed by atoms with van der Waals surface area (Å²) < 4.78 is 5.75. The summed E-state index contributed by atoms with van der Waals surface area (Å²) in [4.78, 5) is 36.9. The van der Waals surface area contributed by atoms with Crippen LogP contribution in [0.1, 0.15) is 74.4 Å². The summed E-state index contributed by atoms with van der Waals surface area (Å²) in [6, 6.07) is 0. The number of fused-ring (bicyclic) bond motifs is 1. The molecule has 29 heavy (non-hydrogen) atoms. The van der Waals surface area contributed by atoms with Gasteiger partial charge in [-0.2, -0.15) is 0 Å². The Balaban J connectivity index is 1.31. The zero-order valence-electron chi connectivity index (χ0n) is 17.0. The second-order valence-corrected chi connectivity index (χ2v) is 9.09. The van der Waals surface area contributed by atoms with Crippen molar-refractivity contribution in [2.24, 2.45) is 5.92 Å². The molecule has 4 heterocycles. The number of hydrogen-bond donors (Lipinski definition) is 1. The predicted molar refractivity (Wildman–Crippen MR) is 106 cm³/mol. The molecule has 1 aromatic heterocycles. The van der Waals surface area contributed by atoms with E-state index in [0.717, 1.165) is 81.5 Å². The van der Waals surface area contributed by atoms with Gasteiger partial charge in [-0.3, -0.25) is 9.59 Å². The molecule has 7 nitrogen and oxygen atoms in total. The Labute approximate surface area is 171 Å². The Morgan fingerprint density at radius 1 is 1.21 bits per heavy atom. The Bertz CT molecular complexity index is 799. The van der Waals surface area contributed by atoms with Gasteiger partial charge in [0.25, 0.3) is 0 Å². The average molecular weight is 399 g/mol. The monoisotopic (exact) mass is 398 g/mol. The lowest BCUT2D eigenvalue weighted by atomic mass is 9.75. The Kier molecular flexibility index (Phi) is 5.02. The normalized spacial score (nSPS) is 27.0. The second kappa shape index (κ2) is 7.67. The topological polar surface area (TPSA) is 84.4 Å². The van der Waals surface area contributed by atoms with Gasteiger partial charge in [-0.15, -0.1) is 0 Å². The maximum Gasteiger partial charge on any atom is 0.307 e. The predicted octanol–water partition coefficient (Wildman–Crippen LogP) is 2.09. The van der Waals surface area contributed by atoms with Crippen LogP contribution in [0, 0.1) is 5.92 Å². The zero-order chi connectivity index (χ0) is 19.8. The van der Waals surface area contributed by atoms with Crippen LogP contribution >= 0.6 is 0 Å². The molecule has 7 heteroatoms. The number of esters is 1. The van der Waals surface area contributed by atoms with Gasteiger partial charge in [-0.1, -0.05) is 6.42 Å². The lowest BCUT2D eigenvalue weighted by Crippen LogP contribution is -2.48. The summed E-state index contributed by atoms with van der Waals surface area (Å²) in [5, 5.41) is 3.39. The van der Waals surface area contributed by atoms with Crippen molar-refractivity contribution in [2.75, 3.05) is 19.6 Å². The maximum absolute atomic E-state index is 13.4. The van der Waals surface area contributed by atoms with E-state index >= 15 is 0 Å². The first-order valence-corrected chi connectivity index (χ1v) is 11.2. The van der Waals surface area contributed by atoms with Crippen LogP contribution in [0.5, 0.6) is 0 Å². The number of ether oxygens (including phenoxy) is 1. The van der Waals surface area contributed by atoms with Crippen LogP contribution < -0.4 is 5.32 Å². The number of hydrogen-bond acceptors (Lipinski definition) is 6. The highest BCUT2D eigenvalue weighted by molar-refractivity contribution is 5.88. The molecule has 3 fully saturated rings. The van der Waals surface area contributed by atoms with E-state index in [9.17, 15) is 9.59 Å². The van der Waals surface area contributed by atoms with Crippen LogP contribution in [-0.4, -0.2) is 52.0 Å². The lowest BCUT2D eigenvalue weighted by molar-refractivity contribution is -0.156. The average Bonchev–Trinajstić information content (AvgIpc) is 3.08. The van der Waals surface area contributed by atoms with E-state index in [1.165, 1.54) is 0 Å². The molecule has 0 bridgehead atoms. The fourth-order valence-electron chi connectivity index (χ4n) is 5.62. The van der Waals surface area contributed by atoms with Crippen molar-refractivity contribution in [1.82, 2.24) is 20.2 Å². The third-order valence-electron chi connectivity index (χ3n) is 7.29. The van der Waals surface area contributed by atoms with Crippen LogP contribution in [0.25, 0.3) is 0 Å². The second-order valence-electron chi connectivity index (χ2n) is 9.09. The van der Waals surface area contributed by atoms with Crippen molar-refractivity contribution in [3.8, 4) is 0 Å². The van der Waals surface area contributed by atoms with Crippen molar-refractivity contribution >= 4 is 11.9 Å². The van der Waals surface area contributed by atoms with Gasteiger partial charge in [-0.05, 0) is 51.6 Å². The van der Waals surface area contributed by atoms with E-state index in [1.807, 2.05) is 11.1 Å². The molecular formula is C22H30N4O3. The molecule has 2 saturated heterocycles. The molecule has 1 atom stereocenters. The van der Waals surface area contributed by atoms with Crippen LogP contribution in [0.2, 0.25) is 0 Å². The highest BCUT2D eigenvalue weighted by atomic mass is 16.6. The van der Waals surface area contributed by atoms with Gasteiger partial charge in [0.1, 0.15) is 11.4 Å². The molecular weight excluding hydrogens is 368 g/mol. The number of carbonyl (C=O) groups excluding carboxylic acids is 2. The summed E-state index contributed by atoms with van der Waals surface area (Å²) in [6.45, 7) is 3.26. The van der Waals surface area contributed by atoms with Crippen molar-refractivity contribution in [3.05, 3.63) is 23.3 Å². The zero-order valence-corrected chi connectivity index (χ0v) is 17.0. The molecule has 5 rings (SSSR count). The van der Waals surface area contributed by atoms with Crippen molar-refractivity contribution in [3.63, 3.8) is 0 Å². The van der Waals surface area contributed by atoms with Gasteiger partial charge in [0.2, 0.25) is 5.91 Å². The smallest absolute Gasteiger partial charge is 0.307 e. The third-order valence-corrected chi connectivity index (χ3v) is 7.29. The van der Waals surface area contributed by atoms with Crippen LogP contribution in [-0.2, 0) is 27.3 Å². The molecule has 0 radical (unpaired) electrons. The Morgan fingerprint density at radius 3 is 2.79 bits per heavy atom. The highest BCUT2D eigenvalue weighted by Crippen LogP contribution is 2.45. The summed E-state index contributed by atoms with van der Waals surface area (Å²) >= 11 is 0. The number of carbonyl (C=O) groups is 2. The molecule has 1 aliphatic carbocycles. The van der Waals surface area contributed by atoms with Crippen LogP contribution in [0.15, 0.2) is 6.20 Å². The van der Waals surface area contributed by atoms with Gasteiger partial charge in [0.05, 0.1) is 18.0 Å². The van der Waals surface area contributed by atoms with E-state index in [2.05, 4.69) is 10.3 Å². The first-order chi connectivity index (χ1) is 14.1. The minimum absolute atomic E-state index is 0.0748. The fraction of sp³-hybridized carbons (Fsp3) is 0.727. The molecule has 1 aromatic rings. The number of piperidine rings is 1. The Morgan fingerprint density at radius 2 is 2.00 bits per heavy atom. The van der Waals surface area contributed by atoms with Gasteiger partial charge in [0.15, 0.2) is 0 Å². The number of nitrogens with one attached hydrogen (secondary N) is 1. The van der Waals surface area contributed by atoms with Gasteiger partial charge in [-0.25, -0.2) is 9.97 Å². The van der Waals surface area contributed by atoms with Crippen molar-refractivity contribution in [1.29, 1.82) is 0 Å². The van der Waals surface area contributed by atoms with Gasteiger partial charge in [0, 0.05) is 37.2 Å². The fourth-order valence-corrected chi connectivity index (χ4v) is 5.62. The number of aromatic nitrogens is 2. The SMILES string of the molecule is O=C1C[C@@H](C(=O)N2CCc3nc(C4CCNCC4)ncc3C2)C2(CCCCC2)O1. The van der Waals surface area contributed by atoms with E-state index in [4.69, 9.17) is 9.72 Å². The quantitative estimate of drug-likeness (QED) is 0.768. The summed E-state index contributed by atoms with van der Waals surface area (Å²) in [5.74, 6) is 0.935. The highest BCUT2D eigenvalue weighted by Gasteiger charge is 2.54. The maximum atomic E-state index is 13.4. The number of amides is 1. The minimum atomic E-state index is -0.554. The molecule has 3 aliphatic heterocycles. The summed E-state index contributed by atoms with van der Waals surface area (Å²) in [6.07, 6.45) is 9.95. The summed E-state index contributed by atoms with van der Waals surface area (Å²) in [5.41, 5.74) is 1.58. The molecule has 1 saturated carbocycles. The van der Waals surface area contributed by atoms with Crippen LogP contribution in [0.3, 0.4) is 0 Å². The number of rotatable bonds is 2. The molecule has 0 unspecified atom stereocenters. The van der Waals surface area contributed by atoms with Crippen LogP contribution in [0.4, 0.5) is 0 Å². The third kappa shape index (κ3) is 3.54. The molecule has 1 amide bonds. The van der Waals surface area contributed by atoms with E-state index < -0.39 is 5.60 Å². The van der Waals surface area contributed by atoms with E-state index in [0.29, 0.717) is 19.0 Å². The number of nitrogens with zero attached hydrogens (tertiary/aromatic N) is 3. The molecule has 0 aromatic carbocycles. The van der Waals surface area contributed by atoms with Gasteiger partial charge < -0.3 is 15.0 Å². The Hall–Kier alpha value is -2.02. The minimum Gasteiger partial charge on any atom is -0.458 e. The van der Waals surface area contributed by atoms with Gasteiger partial charge >= 0.3 is 5.97 Å². The van der Waals surface area contributed by atoms with E-state index in [1.54, 1.807) is 0 Å². The standard InChI is InChI=1S/C22H30N4O3/c27-19-12-17(22(29-19)7-2-1-3-8-22)21(28)26-11-6-18-16(14-26)13-24-20(25-18)15-4-9-23-10-5-15/h13,15,17,23H,1-12,14H2/t17-/m0/s1. The molecule has 1 spiro atoms. The first kappa shape index (κ1) is 19.0. The first-order valence-electron chi connectivity index (χ1n) is 11.2. The van der Waals surface area contributed by atoms with Crippen molar-refractivity contribution in [2.45, 2.75) is 75.9 Å². The van der Waals surface area contributed by atoms with E-state index in [-0.39, 0.29) is 24.2 Å². The summed E-state index contributed by atoms with van der Waals surface area (Å²) in [7, 11) is 0. The van der Waals surface area contributed by atoms with Crippen molar-refractivity contribution < 1.29 is 14.3 Å². The molecule has 1 N–H and O–H groups in total. The lowest BCUT2D eigenvalue weighted by Gasteiger charge is -2.39. The molecule has 156 valence electrons. The molecule has 4 aliphatic rings. The largest absolute Gasteiger partial charge is 0.458 e.